The summed E-state index contributed by atoms with van der Waals surface area (Å²) in [5, 5.41) is 12.3. The van der Waals surface area contributed by atoms with Crippen LogP contribution in [0.2, 0.25) is 0 Å². The van der Waals surface area contributed by atoms with Crippen molar-refractivity contribution in [3.05, 3.63) is 30.1 Å². The van der Waals surface area contributed by atoms with Gasteiger partial charge in [-0.3, -0.25) is 4.79 Å². The normalized spacial score (nSPS) is 12.7. The summed E-state index contributed by atoms with van der Waals surface area (Å²) in [4.78, 5) is 15.9. The molecule has 0 aliphatic rings. The molecule has 1 heterocycles. The van der Waals surface area contributed by atoms with E-state index >= 15 is 0 Å². The summed E-state index contributed by atoms with van der Waals surface area (Å²) in [5.41, 5.74) is 1.93. The summed E-state index contributed by atoms with van der Waals surface area (Å²) in [6.45, 7) is 5.04. The molecule has 0 saturated carbocycles. The van der Waals surface area contributed by atoms with E-state index in [0.29, 0.717) is 13.1 Å². The van der Waals surface area contributed by atoms with Gasteiger partial charge in [-0.15, -0.1) is 0 Å². The molecule has 2 N–H and O–H groups in total. The van der Waals surface area contributed by atoms with Crippen LogP contribution in [0, 0.1) is 0 Å². The molecule has 2 rings (SSSR count). The van der Waals surface area contributed by atoms with Crippen LogP contribution in [0.4, 0.5) is 0 Å². The van der Waals surface area contributed by atoms with Crippen molar-refractivity contribution < 1.29 is 9.90 Å². The first-order valence-electron chi connectivity index (χ1n) is 7.07. The predicted octanol–water partition coefficient (Wildman–Crippen LogP) is 2.05. The lowest BCUT2D eigenvalue weighted by Gasteiger charge is -2.16. The fourth-order valence-corrected chi connectivity index (χ4v) is 2.40. The molecule has 2 aromatic rings. The second-order valence-corrected chi connectivity index (χ2v) is 4.83. The molecule has 108 valence electrons. The second-order valence-electron chi connectivity index (χ2n) is 4.83. The van der Waals surface area contributed by atoms with Crippen molar-refractivity contribution in [1.29, 1.82) is 0 Å². The molecule has 0 fully saturated rings. The third kappa shape index (κ3) is 2.99. The first-order valence-corrected chi connectivity index (χ1v) is 7.07. The third-order valence-corrected chi connectivity index (χ3v) is 3.32. The molecule has 1 aromatic carbocycles. The Labute approximate surface area is 118 Å². The van der Waals surface area contributed by atoms with Gasteiger partial charge < -0.3 is 15.0 Å². The van der Waals surface area contributed by atoms with Gasteiger partial charge >= 0.3 is 5.97 Å². The highest BCUT2D eigenvalue weighted by molar-refractivity contribution is 5.77. The van der Waals surface area contributed by atoms with Crippen LogP contribution >= 0.6 is 0 Å². The van der Waals surface area contributed by atoms with E-state index in [9.17, 15) is 9.90 Å². The van der Waals surface area contributed by atoms with Crippen LogP contribution in [0.5, 0.6) is 0 Å². The van der Waals surface area contributed by atoms with Crippen LogP contribution in [-0.4, -0.2) is 33.2 Å². The molecule has 0 aliphatic carbocycles. The topological polar surface area (TPSA) is 67.2 Å². The summed E-state index contributed by atoms with van der Waals surface area (Å²) in [6.07, 6.45) is 1.84. The minimum absolute atomic E-state index is 0.402. The lowest BCUT2D eigenvalue weighted by atomic mass is 10.2. The van der Waals surface area contributed by atoms with Crippen LogP contribution in [0.25, 0.3) is 11.0 Å². The molecule has 0 amide bonds. The molecule has 5 nitrogen and oxygen atoms in total. The molecular formula is C15H21N3O2. The van der Waals surface area contributed by atoms with E-state index in [0.717, 1.165) is 29.7 Å². The first kappa shape index (κ1) is 14.5. The van der Waals surface area contributed by atoms with E-state index in [1.165, 1.54) is 0 Å². The van der Waals surface area contributed by atoms with E-state index < -0.39 is 12.0 Å². The van der Waals surface area contributed by atoms with E-state index in [4.69, 9.17) is 0 Å². The highest BCUT2D eigenvalue weighted by Crippen LogP contribution is 2.17. The summed E-state index contributed by atoms with van der Waals surface area (Å²) < 4.78 is 2.03. The maximum absolute atomic E-state index is 11.3. The lowest BCUT2D eigenvalue weighted by Crippen LogP contribution is -2.40. The Balaban J connectivity index is 2.39. The number of carboxylic acid groups (broad SMARTS) is 1. The van der Waals surface area contributed by atoms with Crippen LogP contribution in [0.1, 0.15) is 26.1 Å². The molecule has 1 unspecified atom stereocenters. The van der Waals surface area contributed by atoms with Crippen molar-refractivity contribution in [2.75, 3.05) is 6.54 Å². The van der Waals surface area contributed by atoms with Crippen molar-refractivity contribution in [2.45, 2.75) is 39.3 Å². The average Bonchev–Trinajstić information content (AvgIpc) is 2.77. The monoisotopic (exact) mass is 275 g/mol. The molecule has 5 heteroatoms. The number of hydrogen-bond acceptors (Lipinski definition) is 3. The quantitative estimate of drug-likeness (QED) is 0.811. The van der Waals surface area contributed by atoms with Crippen molar-refractivity contribution in [2.24, 2.45) is 0 Å². The fraction of sp³-hybridized carbons (Fsp3) is 0.467. The zero-order chi connectivity index (χ0) is 14.5. The molecule has 0 aliphatic heterocycles. The van der Waals surface area contributed by atoms with Gasteiger partial charge in [-0.1, -0.05) is 26.0 Å². The number of carboxylic acids is 1. The van der Waals surface area contributed by atoms with Crippen LogP contribution in [0.15, 0.2) is 24.3 Å². The van der Waals surface area contributed by atoms with Gasteiger partial charge in [0.1, 0.15) is 11.9 Å². The average molecular weight is 275 g/mol. The second kappa shape index (κ2) is 6.52. The highest BCUT2D eigenvalue weighted by atomic mass is 16.4. The minimum atomic E-state index is -0.827. The number of nitrogens with one attached hydrogen (secondary N) is 1. The Morgan fingerprint density at radius 3 is 2.80 bits per heavy atom. The number of aliphatic carboxylic acids is 1. The van der Waals surface area contributed by atoms with E-state index in [2.05, 4.69) is 17.2 Å². The Morgan fingerprint density at radius 2 is 2.15 bits per heavy atom. The van der Waals surface area contributed by atoms with Gasteiger partial charge in [-0.25, -0.2) is 4.98 Å². The predicted molar refractivity (Wildman–Crippen MR) is 78.8 cm³/mol. The number of benzene rings is 1. The van der Waals surface area contributed by atoms with E-state index in [-0.39, 0.29) is 0 Å². The molecular weight excluding hydrogens is 254 g/mol. The summed E-state index contributed by atoms with van der Waals surface area (Å²) in [6, 6.07) is 7.28. The zero-order valence-electron chi connectivity index (χ0n) is 12.0. The highest BCUT2D eigenvalue weighted by Gasteiger charge is 2.19. The molecule has 1 aromatic heterocycles. The molecule has 0 spiro atoms. The van der Waals surface area contributed by atoms with Crippen LogP contribution in [-0.2, 0) is 17.8 Å². The number of rotatable bonds is 7. The third-order valence-electron chi connectivity index (χ3n) is 3.32. The number of aryl methyl sites for hydroxylation is 1. The zero-order valence-corrected chi connectivity index (χ0v) is 12.0. The Kier molecular flexibility index (Phi) is 4.74. The van der Waals surface area contributed by atoms with E-state index in [1.54, 1.807) is 0 Å². The first-order chi connectivity index (χ1) is 9.67. The molecule has 0 bridgehead atoms. The SMILES string of the molecule is CCCc1nc2ccccc2n1CC(NCC)C(=O)O. The van der Waals surface area contributed by atoms with Gasteiger partial charge in [0.25, 0.3) is 0 Å². The van der Waals surface area contributed by atoms with Crippen molar-refractivity contribution in [3.63, 3.8) is 0 Å². The summed E-state index contributed by atoms with van der Waals surface area (Å²) in [5.74, 6) is 0.130. The maximum Gasteiger partial charge on any atom is 0.322 e. The number of para-hydroxylation sites is 2. The number of nitrogens with zero attached hydrogens (tertiary/aromatic N) is 2. The summed E-state index contributed by atoms with van der Waals surface area (Å²) >= 11 is 0. The number of imidazole rings is 1. The number of aromatic nitrogens is 2. The van der Waals surface area contributed by atoms with Gasteiger partial charge in [0.15, 0.2) is 0 Å². The molecule has 1 atom stereocenters. The van der Waals surface area contributed by atoms with Crippen LogP contribution < -0.4 is 5.32 Å². The molecule has 0 radical (unpaired) electrons. The minimum Gasteiger partial charge on any atom is -0.480 e. The van der Waals surface area contributed by atoms with Gasteiger partial charge in [-0.2, -0.15) is 0 Å². The van der Waals surface area contributed by atoms with Crippen molar-refractivity contribution in [3.8, 4) is 0 Å². The van der Waals surface area contributed by atoms with E-state index in [1.807, 2.05) is 35.8 Å². The smallest absolute Gasteiger partial charge is 0.322 e. The van der Waals surface area contributed by atoms with Crippen molar-refractivity contribution >= 4 is 17.0 Å². The Morgan fingerprint density at radius 1 is 1.40 bits per heavy atom. The largest absolute Gasteiger partial charge is 0.480 e. The molecule has 20 heavy (non-hydrogen) atoms. The lowest BCUT2D eigenvalue weighted by molar-refractivity contribution is -0.139. The van der Waals surface area contributed by atoms with Gasteiger partial charge in [-0.05, 0) is 25.1 Å². The number of carbonyl (C=O) groups is 1. The molecule has 0 saturated heterocycles. The van der Waals surface area contributed by atoms with Crippen molar-refractivity contribution in [1.82, 2.24) is 14.9 Å². The maximum atomic E-state index is 11.3. The van der Waals surface area contributed by atoms with Gasteiger partial charge in [0.2, 0.25) is 0 Å². The van der Waals surface area contributed by atoms with Crippen LogP contribution in [0.3, 0.4) is 0 Å². The number of likely N-dealkylation sites (N-methyl/N-ethyl adjacent to an activating group) is 1. The number of fused-ring (bicyclic) bond motifs is 1. The fourth-order valence-electron chi connectivity index (χ4n) is 2.40. The summed E-state index contributed by atoms with van der Waals surface area (Å²) in [7, 11) is 0. The van der Waals surface area contributed by atoms with Gasteiger partial charge in [0.05, 0.1) is 17.6 Å². The standard InChI is InChI=1S/C15H21N3O2/c1-3-7-14-17-11-8-5-6-9-13(11)18(14)10-12(15(19)20)16-4-2/h5-6,8-9,12,16H,3-4,7,10H2,1-2H3,(H,19,20). The Hall–Kier alpha value is -1.88. The van der Waals surface area contributed by atoms with Gasteiger partial charge in [0, 0.05) is 6.42 Å². The Bertz CT molecular complexity index is 592. The number of hydrogen-bond donors (Lipinski definition) is 2.